The van der Waals surface area contributed by atoms with E-state index in [0.717, 1.165) is 13.1 Å². The summed E-state index contributed by atoms with van der Waals surface area (Å²) in [5.74, 6) is -1.87. The standard InChI is InChI=1S/C26H33N3O6/c1-7-28(8-2)13-14-29-22(17-11-9-10-12-18(17)34-5)20(24(31)25(29)32)23(30)19-15(3)21(26(33)35-6)27-16(19)4/h9-12,22,27,30H,7-8,13-14H2,1-6H3/p+1/t22-/m0/s1. The van der Waals surface area contributed by atoms with Gasteiger partial charge in [-0.15, -0.1) is 0 Å². The van der Waals surface area contributed by atoms with Crippen LogP contribution < -0.4 is 9.64 Å². The number of carbonyl (C=O) groups is 3. The molecule has 1 aliphatic rings. The summed E-state index contributed by atoms with van der Waals surface area (Å²) >= 11 is 0. The summed E-state index contributed by atoms with van der Waals surface area (Å²) in [6, 6.07) is 6.31. The minimum atomic E-state index is -0.837. The van der Waals surface area contributed by atoms with Crippen LogP contribution in [0.15, 0.2) is 29.8 Å². The highest BCUT2D eigenvalue weighted by molar-refractivity contribution is 6.46. The maximum atomic E-state index is 13.4. The van der Waals surface area contributed by atoms with Crippen LogP contribution in [0.2, 0.25) is 0 Å². The van der Waals surface area contributed by atoms with Gasteiger partial charge in [-0.05, 0) is 39.3 Å². The Balaban J connectivity index is 2.23. The van der Waals surface area contributed by atoms with Crippen molar-refractivity contribution in [2.45, 2.75) is 33.7 Å². The van der Waals surface area contributed by atoms with Crippen LogP contribution in [0.25, 0.3) is 5.76 Å². The van der Waals surface area contributed by atoms with Crippen molar-refractivity contribution in [2.24, 2.45) is 0 Å². The molecule has 0 bridgehead atoms. The van der Waals surface area contributed by atoms with Gasteiger partial charge in [-0.25, -0.2) is 4.79 Å². The number of methoxy groups -OCH3 is 2. The molecule has 1 atom stereocenters. The maximum Gasteiger partial charge on any atom is 0.354 e. The number of likely N-dealkylation sites (N-methyl/N-ethyl adjacent to an activating group) is 1. The predicted molar refractivity (Wildman–Crippen MR) is 131 cm³/mol. The number of para-hydroxylation sites is 1. The highest BCUT2D eigenvalue weighted by Gasteiger charge is 2.47. The van der Waals surface area contributed by atoms with Crippen molar-refractivity contribution in [3.05, 3.63) is 57.9 Å². The van der Waals surface area contributed by atoms with Crippen molar-refractivity contribution >= 4 is 23.4 Å². The molecule has 0 radical (unpaired) electrons. The third kappa shape index (κ3) is 4.68. The number of ketones is 1. The van der Waals surface area contributed by atoms with Crippen LogP contribution in [-0.4, -0.2) is 73.0 Å². The molecule has 1 fully saturated rings. The van der Waals surface area contributed by atoms with Gasteiger partial charge < -0.3 is 29.4 Å². The van der Waals surface area contributed by atoms with Gasteiger partial charge in [0, 0.05) is 16.8 Å². The summed E-state index contributed by atoms with van der Waals surface area (Å²) < 4.78 is 10.4. The van der Waals surface area contributed by atoms with Crippen LogP contribution in [0.5, 0.6) is 5.75 Å². The number of benzene rings is 1. The topological polar surface area (TPSA) is 113 Å². The summed E-state index contributed by atoms with van der Waals surface area (Å²) in [7, 11) is 2.79. The van der Waals surface area contributed by atoms with Crippen molar-refractivity contribution < 1.29 is 33.9 Å². The van der Waals surface area contributed by atoms with Crippen LogP contribution in [0.3, 0.4) is 0 Å². The van der Waals surface area contributed by atoms with Gasteiger partial charge >= 0.3 is 5.97 Å². The Kier molecular flexibility index (Phi) is 8.01. The Morgan fingerprint density at radius 2 is 1.80 bits per heavy atom. The molecule has 2 aromatic rings. The molecule has 1 aromatic carbocycles. The smallest absolute Gasteiger partial charge is 0.354 e. The Labute approximate surface area is 205 Å². The van der Waals surface area contributed by atoms with Gasteiger partial charge in [-0.1, -0.05) is 18.2 Å². The number of carbonyl (C=O) groups excluding carboxylic acids is 3. The van der Waals surface area contributed by atoms with E-state index >= 15 is 0 Å². The van der Waals surface area contributed by atoms with Gasteiger partial charge in [-0.2, -0.15) is 0 Å². The lowest BCUT2D eigenvalue weighted by atomic mass is 9.93. The molecule has 3 rings (SSSR count). The number of nitrogens with zero attached hydrogens (tertiary/aromatic N) is 1. The Morgan fingerprint density at radius 3 is 2.40 bits per heavy atom. The molecule has 0 spiro atoms. The highest BCUT2D eigenvalue weighted by atomic mass is 16.5. The normalized spacial score (nSPS) is 17.3. The fraction of sp³-hybridized carbons (Fsp3) is 0.423. The van der Waals surface area contributed by atoms with Crippen molar-refractivity contribution in [1.29, 1.82) is 0 Å². The maximum absolute atomic E-state index is 13.4. The van der Waals surface area contributed by atoms with Gasteiger partial charge in [0.05, 0.1) is 52.0 Å². The second-order valence-electron chi connectivity index (χ2n) is 8.56. The first-order valence-electron chi connectivity index (χ1n) is 11.7. The van der Waals surface area contributed by atoms with E-state index in [1.807, 2.05) is 0 Å². The number of aliphatic hydroxyl groups is 1. The number of nitrogens with one attached hydrogen (secondary N) is 2. The van der Waals surface area contributed by atoms with Gasteiger partial charge in [0.15, 0.2) is 0 Å². The number of quaternary nitrogens is 1. The molecule has 188 valence electrons. The average Bonchev–Trinajstić information content (AvgIpc) is 3.30. The predicted octanol–water partition coefficient (Wildman–Crippen LogP) is 1.77. The molecule has 35 heavy (non-hydrogen) atoms. The Hall–Kier alpha value is -3.59. The molecular formula is C26H34N3O6+. The molecule has 3 N–H and O–H groups in total. The van der Waals surface area contributed by atoms with E-state index in [4.69, 9.17) is 9.47 Å². The first-order chi connectivity index (χ1) is 16.7. The molecule has 1 amide bonds. The molecule has 0 unspecified atom stereocenters. The van der Waals surface area contributed by atoms with Gasteiger partial charge in [0.2, 0.25) is 0 Å². The zero-order valence-corrected chi connectivity index (χ0v) is 21.2. The van der Waals surface area contributed by atoms with Gasteiger partial charge in [0.25, 0.3) is 11.7 Å². The van der Waals surface area contributed by atoms with Crippen LogP contribution in [-0.2, 0) is 14.3 Å². The highest BCUT2D eigenvalue weighted by Crippen LogP contribution is 2.43. The van der Waals surface area contributed by atoms with E-state index in [1.165, 1.54) is 24.0 Å². The van der Waals surface area contributed by atoms with Crippen molar-refractivity contribution in [3.8, 4) is 5.75 Å². The first-order valence-corrected chi connectivity index (χ1v) is 11.7. The van der Waals surface area contributed by atoms with E-state index in [2.05, 4.69) is 18.8 Å². The lowest BCUT2D eigenvalue weighted by molar-refractivity contribution is -0.895. The average molecular weight is 485 g/mol. The summed E-state index contributed by atoms with van der Waals surface area (Å²) in [6.07, 6.45) is 0. The van der Waals surface area contributed by atoms with Crippen LogP contribution in [0.1, 0.15) is 52.8 Å². The fourth-order valence-electron chi connectivity index (χ4n) is 4.75. The minimum absolute atomic E-state index is 0.0318. The number of hydrogen-bond donors (Lipinski definition) is 3. The lowest BCUT2D eigenvalue weighted by Gasteiger charge is -2.27. The number of aromatic nitrogens is 1. The molecule has 0 saturated carbocycles. The molecule has 0 aliphatic carbocycles. The van der Waals surface area contributed by atoms with E-state index in [1.54, 1.807) is 38.1 Å². The fourth-order valence-corrected chi connectivity index (χ4v) is 4.75. The van der Waals surface area contributed by atoms with Crippen LogP contribution >= 0.6 is 0 Å². The second kappa shape index (κ2) is 10.8. The second-order valence-corrected chi connectivity index (χ2v) is 8.56. The minimum Gasteiger partial charge on any atom is -0.507 e. The molecule has 2 heterocycles. The summed E-state index contributed by atoms with van der Waals surface area (Å²) in [5, 5.41) is 11.5. The number of hydrogen-bond acceptors (Lipinski definition) is 6. The quantitative estimate of drug-likeness (QED) is 0.216. The largest absolute Gasteiger partial charge is 0.507 e. The van der Waals surface area contributed by atoms with E-state index < -0.39 is 23.7 Å². The van der Waals surface area contributed by atoms with Crippen molar-refractivity contribution in [2.75, 3.05) is 40.4 Å². The Morgan fingerprint density at radius 1 is 1.14 bits per heavy atom. The van der Waals surface area contributed by atoms with Gasteiger partial charge in [-0.3, -0.25) is 9.59 Å². The van der Waals surface area contributed by atoms with E-state index in [0.29, 0.717) is 41.2 Å². The SMILES string of the molecule is CC[NH+](CC)CCN1C(=O)C(=O)C(=C(O)c2c(C)[nH]c(C(=O)OC)c2C)[C@@H]1c1ccccc1OC. The monoisotopic (exact) mass is 484 g/mol. The van der Waals surface area contributed by atoms with Gasteiger partial charge in [0.1, 0.15) is 17.2 Å². The van der Waals surface area contributed by atoms with Crippen LogP contribution in [0.4, 0.5) is 0 Å². The molecule has 9 nitrogen and oxygen atoms in total. The number of aromatic amines is 1. The Bertz CT molecular complexity index is 1160. The lowest BCUT2D eigenvalue weighted by Crippen LogP contribution is -3.12. The van der Waals surface area contributed by atoms with Crippen molar-refractivity contribution in [1.82, 2.24) is 9.88 Å². The number of rotatable bonds is 9. The summed E-state index contributed by atoms with van der Waals surface area (Å²) in [4.78, 5) is 44.5. The zero-order valence-electron chi connectivity index (χ0n) is 21.2. The number of esters is 1. The molecule has 1 saturated heterocycles. The number of ether oxygens (including phenoxy) is 2. The number of Topliss-reactive ketones (excluding diaryl/α,β-unsaturated/α-hetero) is 1. The third-order valence-electron chi connectivity index (χ3n) is 6.74. The first kappa shape index (κ1) is 26.0. The summed E-state index contributed by atoms with van der Waals surface area (Å²) in [5.41, 5.74) is 1.97. The third-order valence-corrected chi connectivity index (χ3v) is 6.74. The number of likely N-dealkylation sites (tertiary alicyclic amines) is 1. The molecule has 1 aliphatic heterocycles. The van der Waals surface area contributed by atoms with E-state index in [-0.39, 0.29) is 17.0 Å². The summed E-state index contributed by atoms with van der Waals surface area (Å²) in [6.45, 7) is 10.2. The molecule has 9 heteroatoms. The number of H-pyrrole nitrogens is 1. The van der Waals surface area contributed by atoms with Crippen molar-refractivity contribution in [3.63, 3.8) is 0 Å². The number of aryl methyl sites for hydroxylation is 1. The number of aliphatic hydroxyl groups excluding tert-OH is 1. The molecule has 1 aromatic heterocycles. The number of amides is 1. The zero-order chi connectivity index (χ0) is 25.9. The van der Waals surface area contributed by atoms with Crippen LogP contribution in [0, 0.1) is 13.8 Å². The van der Waals surface area contributed by atoms with E-state index in [9.17, 15) is 19.5 Å². The molecular weight excluding hydrogens is 450 g/mol.